The molecule has 3 aliphatic carbocycles. The van der Waals surface area contributed by atoms with Crippen LogP contribution in [-0.2, 0) is 9.53 Å². The first-order valence-electron chi connectivity index (χ1n) is 7.46. The van der Waals surface area contributed by atoms with Crippen LogP contribution in [0.15, 0.2) is 12.2 Å². The Kier molecular flexibility index (Phi) is 2.80. The SMILES string of the molecule is C=C(C)C(=O)OC1(CC)CC2CC1C1CCCC21. The van der Waals surface area contributed by atoms with Crippen molar-refractivity contribution in [1.29, 1.82) is 0 Å². The standard InChI is InChI=1S/C16H24O2/c1-4-16(18-15(17)10(2)3)9-11-8-14(16)13-7-5-6-12(11)13/h11-14H,2,4-9H2,1,3H3. The van der Waals surface area contributed by atoms with Crippen molar-refractivity contribution in [3.05, 3.63) is 12.2 Å². The molecule has 2 nitrogen and oxygen atoms in total. The minimum Gasteiger partial charge on any atom is -0.455 e. The third-order valence-corrected chi connectivity index (χ3v) is 5.83. The Balaban J connectivity index is 1.82. The van der Waals surface area contributed by atoms with E-state index in [1.807, 2.05) is 0 Å². The average Bonchev–Trinajstić information content (AvgIpc) is 2.99. The van der Waals surface area contributed by atoms with Crippen LogP contribution in [0.25, 0.3) is 0 Å². The van der Waals surface area contributed by atoms with Crippen molar-refractivity contribution in [3.8, 4) is 0 Å². The monoisotopic (exact) mass is 248 g/mol. The highest BCUT2D eigenvalue weighted by atomic mass is 16.6. The lowest BCUT2D eigenvalue weighted by Crippen LogP contribution is -2.44. The van der Waals surface area contributed by atoms with Crippen molar-refractivity contribution in [2.75, 3.05) is 0 Å². The minimum absolute atomic E-state index is 0.161. The molecule has 2 bridgehead atoms. The highest BCUT2D eigenvalue weighted by molar-refractivity contribution is 5.87. The molecule has 0 heterocycles. The molecule has 0 radical (unpaired) electrons. The summed E-state index contributed by atoms with van der Waals surface area (Å²) >= 11 is 0. The largest absolute Gasteiger partial charge is 0.455 e. The molecule has 3 aliphatic rings. The van der Waals surface area contributed by atoms with Gasteiger partial charge in [0.2, 0.25) is 0 Å². The second kappa shape index (κ2) is 4.11. The summed E-state index contributed by atoms with van der Waals surface area (Å²) in [4.78, 5) is 11.9. The maximum atomic E-state index is 11.9. The zero-order valence-electron chi connectivity index (χ0n) is 11.6. The van der Waals surface area contributed by atoms with Crippen LogP contribution in [0.4, 0.5) is 0 Å². The van der Waals surface area contributed by atoms with Crippen molar-refractivity contribution < 1.29 is 9.53 Å². The van der Waals surface area contributed by atoms with Gasteiger partial charge in [-0.25, -0.2) is 4.79 Å². The normalized spacial score (nSPS) is 45.0. The summed E-state index contributed by atoms with van der Waals surface area (Å²) in [6.07, 6.45) is 7.53. The van der Waals surface area contributed by atoms with Gasteiger partial charge in [-0.3, -0.25) is 0 Å². The summed E-state index contributed by atoms with van der Waals surface area (Å²) in [6, 6.07) is 0. The molecule has 0 aliphatic heterocycles. The first-order chi connectivity index (χ1) is 8.57. The fraction of sp³-hybridized carbons (Fsp3) is 0.812. The van der Waals surface area contributed by atoms with E-state index in [-0.39, 0.29) is 11.6 Å². The Bertz CT molecular complexity index is 387. The summed E-state index contributed by atoms with van der Waals surface area (Å²) in [7, 11) is 0. The molecule has 18 heavy (non-hydrogen) atoms. The zero-order chi connectivity index (χ0) is 12.9. The molecule has 2 heteroatoms. The lowest BCUT2D eigenvalue weighted by molar-refractivity contribution is -0.165. The molecular formula is C16H24O2. The molecule has 0 amide bonds. The number of carbonyl (C=O) groups is 1. The van der Waals surface area contributed by atoms with E-state index in [9.17, 15) is 4.79 Å². The number of ether oxygens (including phenoxy) is 1. The average molecular weight is 248 g/mol. The fourth-order valence-electron chi connectivity index (χ4n) is 5.08. The van der Waals surface area contributed by atoms with Crippen LogP contribution in [0.5, 0.6) is 0 Å². The zero-order valence-corrected chi connectivity index (χ0v) is 11.6. The van der Waals surface area contributed by atoms with E-state index in [4.69, 9.17) is 4.74 Å². The van der Waals surface area contributed by atoms with E-state index in [0.29, 0.717) is 11.5 Å². The molecule has 3 rings (SSSR count). The van der Waals surface area contributed by atoms with Gasteiger partial charge < -0.3 is 4.74 Å². The van der Waals surface area contributed by atoms with Gasteiger partial charge in [0.05, 0.1) is 0 Å². The number of fused-ring (bicyclic) bond motifs is 5. The van der Waals surface area contributed by atoms with Crippen LogP contribution in [0.2, 0.25) is 0 Å². The van der Waals surface area contributed by atoms with Gasteiger partial charge >= 0.3 is 5.97 Å². The first kappa shape index (κ1) is 12.3. The molecule has 5 unspecified atom stereocenters. The summed E-state index contributed by atoms with van der Waals surface area (Å²) in [5, 5.41) is 0. The second-order valence-electron chi connectivity index (χ2n) is 6.65. The summed E-state index contributed by atoms with van der Waals surface area (Å²) in [5.41, 5.74) is 0.375. The number of esters is 1. The first-order valence-corrected chi connectivity index (χ1v) is 7.46. The van der Waals surface area contributed by atoms with Gasteiger partial charge in [0.1, 0.15) is 5.60 Å². The molecule has 0 aromatic heterocycles. The van der Waals surface area contributed by atoms with E-state index >= 15 is 0 Å². The van der Waals surface area contributed by atoms with Crippen molar-refractivity contribution >= 4 is 5.97 Å². The highest BCUT2D eigenvalue weighted by Gasteiger charge is 2.61. The molecule has 0 N–H and O–H groups in total. The molecule has 5 atom stereocenters. The maximum Gasteiger partial charge on any atom is 0.333 e. The summed E-state index contributed by atoms with van der Waals surface area (Å²) in [5.74, 6) is 3.04. The van der Waals surface area contributed by atoms with Crippen LogP contribution >= 0.6 is 0 Å². The number of hydrogen-bond donors (Lipinski definition) is 0. The Morgan fingerprint density at radius 2 is 2.11 bits per heavy atom. The van der Waals surface area contributed by atoms with Crippen LogP contribution in [0.1, 0.15) is 52.4 Å². The van der Waals surface area contributed by atoms with Crippen LogP contribution < -0.4 is 0 Å². The van der Waals surface area contributed by atoms with Gasteiger partial charge in [-0.15, -0.1) is 0 Å². The van der Waals surface area contributed by atoms with Gasteiger partial charge in [-0.05, 0) is 56.8 Å². The molecule has 100 valence electrons. The van der Waals surface area contributed by atoms with Crippen LogP contribution in [0.3, 0.4) is 0 Å². The third kappa shape index (κ3) is 1.57. The number of rotatable bonds is 3. The van der Waals surface area contributed by atoms with Gasteiger partial charge in [-0.1, -0.05) is 19.9 Å². The molecule has 0 aromatic rings. The quantitative estimate of drug-likeness (QED) is 0.562. The Morgan fingerprint density at radius 3 is 2.78 bits per heavy atom. The lowest BCUT2D eigenvalue weighted by Gasteiger charge is -2.41. The Morgan fingerprint density at radius 1 is 1.39 bits per heavy atom. The molecular weight excluding hydrogens is 224 g/mol. The minimum atomic E-state index is -0.182. The highest BCUT2D eigenvalue weighted by Crippen LogP contribution is 2.64. The Hall–Kier alpha value is -0.790. The van der Waals surface area contributed by atoms with E-state index < -0.39 is 0 Å². The van der Waals surface area contributed by atoms with Crippen molar-refractivity contribution in [1.82, 2.24) is 0 Å². The molecule has 3 fully saturated rings. The molecule has 3 saturated carbocycles. The van der Waals surface area contributed by atoms with Crippen molar-refractivity contribution in [2.45, 2.75) is 58.0 Å². The lowest BCUT2D eigenvalue weighted by atomic mass is 9.71. The smallest absolute Gasteiger partial charge is 0.333 e. The van der Waals surface area contributed by atoms with Crippen LogP contribution in [-0.4, -0.2) is 11.6 Å². The molecule has 0 spiro atoms. The predicted molar refractivity (Wildman–Crippen MR) is 71.0 cm³/mol. The fourth-order valence-corrected chi connectivity index (χ4v) is 5.08. The molecule has 0 aromatic carbocycles. The summed E-state index contributed by atoms with van der Waals surface area (Å²) in [6.45, 7) is 7.64. The number of hydrogen-bond acceptors (Lipinski definition) is 2. The van der Waals surface area contributed by atoms with Gasteiger partial charge in [0.25, 0.3) is 0 Å². The predicted octanol–water partition coefficient (Wildman–Crippen LogP) is 3.71. The van der Waals surface area contributed by atoms with E-state index in [0.717, 1.165) is 30.6 Å². The van der Waals surface area contributed by atoms with Crippen molar-refractivity contribution in [2.24, 2.45) is 23.7 Å². The summed E-state index contributed by atoms with van der Waals surface area (Å²) < 4.78 is 5.91. The van der Waals surface area contributed by atoms with E-state index in [2.05, 4.69) is 13.5 Å². The third-order valence-electron chi connectivity index (χ3n) is 5.83. The molecule has 0 saturated heterocycles. The van der Waals surface area contributed by atoms with E-state index in [1.54, 1.807) is 6.92 Å². The topological polar surface area (TPSA) is 26.3 Å². The van der Waals surface area contributed by atoms with E-state index in [1.165, 1.54) is 25.7 Å². The number of carbonyl (C=O) groups excluding carboxylic acids is 1. The van der Waals surface area contributed by atoms with Crippen molar-refractivity contribution in [3.63, 3.8) is 0 Å². The van der Waals surface area contributed by atoms with Gasteiger partial charge in [0, 0.05) is 11.5 Å². The second-order valence-corrected chi connectivity index (χ2v) is 6.65. The maximum absolute atomic E-state index is 11.9. The van der Waals surface area contributed by atoms with Gasteiger partial charge in [-0.2, -0.15) is 0 Å². The van der Waals surface area contributed by atoms with Crippen LogP contribution in [0, 0.1) is 23.7 Å². The van der Waals surface area contributed by atoms with Gasteiger partial charge in [0.15, 0.2) is 0 Å². The Labute approximate surface area is 110 Å².